The molecule has 0 radical (unpaired) electrons. The Morgan fingerprint density at radius 2 is 2.00 bits per heavy atom. The summed E-state index contributed by atoms with van der Waals surface area (Å²) in [5.74, 6) is -3.38. The monoisotopic (exact) mass is 288 g/mol. The second-order valence-electron chi connectivity index (χ2n) is 3.12. The van der Waals surface area contributed by atoms with Crippen LogP contribution in [-0.2, 0) is 14.6 Å². The smallest absolute Gasteiger partial charge is 0.411 e. The third kappa shape index (κ3) is 4.04. The Morgan fingerprint density at radius 1 is 1.39 bits per heavy atom. The zero-order valence-corrected chi connectivity index (χ0v) is 9.42. The molecule has 1 aromatic rings. The van der Waals surface area contributed by atoms with Crippen molar-refractivity contribution in [2.24, 2.45) is 0 Å². The van der Waals surface area contributed by atoms with Crippen molar-refractivity contribution in [3.05, 3.63) is 17.9 Å². The predicted molar refractivity (Wildman–Crippen MR) is 49.7 cm³/mol. The topological polar surface area (TPSA) is 93.8 Å². The lowest BCUT2D eigenvalue weighted by Crippen LogP contribution is -2.20. The molecule has 1 rings (SSSR count). The van der Waals surface area contributed by atoms with Crippen LogP contribution in [0.4, 0.5) is 13.2 Å². The molecular weight excluding hydrogens is 281 g/mol. The fraction of sp³-hybridized carbons (Fsp3) is 0.375. The Bertz CT molecular complexity index is 529. The van der Waals surface area contributed by atoms with Crippen molar-refractivity contribution in [2.75, 3.05) is 12.5 Å². The Labute approximate surface area is 98.9 Å². The first-order valence-electron chi connectivity index (χ1n) is 4.32. The van der Waals surface area contributed by atoms with Gasteiger partial charge in [0.25, 0.3) is 0 Å². The van der Waals surface area contributed by atoms with Crippen molar-refractivity contribution in [1.82, 2.24) is 0 Å². The molecule has 0 amide bonds. The summed E-state index contributed by atoms with van der Waals surface area (Å²) in [6, 6.07) is 1.70. The summed E-state index contributed by atoms with van der Waals surface area (Å²) in [7, 11) is -4.25. The van der Waals surface area contributed by atoms with Gasteiger partial charge >= 0.3 is 12.1 Å². The number of aromatic carboxylic acids is 1. The average Bonchev–Trinajstić information content (AvgIpc) is 2.63. The van der Waals surface area contributed by atoms with Crippen molar-refractivity contribution >= 4 is 15.8 Å². The van der Waals surface area contributed by atoms with Gasteiger partial charge in [0.15, 0.2) is 5.94 Å². The second kappa shape index (κ2) is 4.98. The van der Waals surface area contributed by atoms with E-state index in [9.17, 15) is 26.4 Å². The molecule has 0 aliphatic heterocycles. The van der Waals surface area contributed by atoms with E-state index < -0.39 is 45.4 Å². The molecule has 0 unspecified atom stereocenters. The van der Waals surface area contributed by atoms with Crippen LogP contribution in [0.15, 0.2) is 21.6 Å². The summed E-state index contributed by atoms with van der Waals surface area (Å²) in [6.07, 6.45) is -4.65. The van der Waals surface area contributed by atoms with E-state index in [2.05, 4.69) is 9.15 Å². The number of hydrogen-bond donors (Lipinski definition) is 1. The van der Waals surface area contributed by atoms with Crippen LogP contribution >= 0.6 is 0 Å². The number of carbonyl (C=O) groups is 1. The number of hydrogen-bond acceptors (Lipinski definition) is 5. The number of rotatable bonds is 5. The molecule has 0 bridgehead atoms. The molecule has 1 N–H and O–H groups in total. The van der Waals surface area contributed by atoms with E-state index in [1.807, 2.05) is 0 Å². The van der Waals surface area contributed by atoms with Gasteiger partial charge in [-0.15, -0.1) is 0 Å². The third-order valence-corrected chi connectivity index (χ3v) is 2.91. The molecule has 0 spiro atoms. The van der Waals surface area contributed by atoms with Gasteiger partial charge in [0.1, 0.15) is 6.61 Å². The molecule has 1 heterocycles. The minimum atomic E-state index is -4.65. The van der Waals surface area contributed by atoms with E-state index in [0.717, 1.165) is 12.1 Å². The van der Waals surface area contributed by atoms with Gasteiger partial charge in [0, 0.05) is 0 Å². The maximum atomic E-state index is 11.7. The van der Waals surface area contributed by atoms with Crippen LogP contribution < -0.4 is 0 Å². The zero-order chi connectivity index (χ0) is 14.0. The molecule has 102 valence electrons. The van der Waals surface area contributed by atoms with Gasteiger partial charge in [-0.05, 0) is 12.1 Å². The quantitative estimate of drug-likeness (QED) is 0.877. The van der Waals surface area contributed by atoms with Gasteiger partial charge in [-0.3, -0.25) is 0 Å². The van der Waals surface area contributed by atoms with Crippen LogP contribution in [0.5, 0.6) is 0 Å². The van der Waals surface area contributed by atoms with E-state index in [-0.39, 0.29) is 0 Å². The Balaban J connectivity index is 2.71. The lowest BCUT2D eigenvalue weighted by atomic mass is 10.5. The number of carboxylic acids is 1. The second-order valence-corrected chi connectivity index (χ2v) is 4.99. The Hall–Kier alpha value is -1.55. The number of halogens is 3. The van der Waals surface area contributed by atoms with Gasteiger partial charge in [-0.2, -0.15) is 13.2 Å². The fourth-order valence-corrected chi connectivity index (χ4v) is 1.84. The third-order valence-electron chi connectivity index (χ3n) is 1.60. The van der Waals surface area contributed by atoms with Gasteiger partial charge in [-0.25, -0.2) is 13.2 Å². The predicted octanol–water partition coefficient (Wildman–Crippen LogP) is 1.29. The Kier molecular flexibility index (Phi) is 4.02. The number of sulfone groups is 1. The average molecular weight is 288 g/mol. The highest BCUT2D eigenvalue weighted by Crippen LogP contribution is 2.18. The van der Waals surface area contributed by atoms with E-state index >= 15 is 0 Å². The molecule has 0 saturated heterocycles. The highest BCUT2D eigenvalue weighted by Gasteiger charge is 2.29. The summed E-state index contributed by atoms with van der Waals surface area (Å²) in [6.45, 7) is -1.72. The minimum absolute atomic E-state index is 0.635. The van der Waals surface area contributed by atoms with E-state index in [0.29, 0.717) is 0 Å². The highest BCUT2D eigenvalue weighted by molar-refractivity contribution is 7.91. The largest absolute Gasteiger partial charge is 0.475 e. The molecule has 0 fully saturated rings. The van der Waals surface area contributed by atoms with Crippen molar-refractivity contribution in [1.29, 1.82) is 0 Å². The fourth-order valence-electron chi connectivity index (χ4n) is 0.927. The molecule has 0 aliphatic carbocycles. The SMILES string of the molecule is O=C(O)c1ccc(S(=O)(=O)COCC(F)(F)F)o1. The van der Waals surface area contributed by atoms with Crippen molar-refractivity contribution < 1.29 is 40.6 Å². The standard InChI is InChI=1S/C8H7F3O6S/c9-8(10,11)3-16-4-18(14,15)6-2-1-5(17-6)7(12)13/h1-2H,3-4H2,(H,12,13). The van der Waals surface area contributed by atoms with Crippen LogP contribution in [-0.4, -0.2) is 38.2 Å². The minimum Gasteiger partial charge on any atom is -0.475 e. The van der Waals surface area contributed by atoms with Crippen LogP contribution in [0, 0.1) is 0 Å². The summed E-state index contributed by atoms with van der Waals surface area (Å²) in [5, 5.41) is 7.72. The van der Waals surface area contributed by atoms with Crippen LogP contribution in [0.25, 0.3) is 0 Å². The molecular formula is C8H7F3O6S. The molecule has 6 nitrogen and oxygen atoms in total. The van der Waals surface area contributed by atoms with Crippen molar-refractivity contribution in [2.45, 2.75) is 11.3 Å². The normalized spacial score (nSPS) is 12.6. The lowest BCUT2D eigenvalue weighted by Gasteiger charge is -2.06. The molecule has 0 aliphatic rings. The van der Waals surface area contributed by atoms with E-state index in [1.54, 1.807) is 0 Å². The molecule has 0 atom stereocenters. The summed E-state index contributed by atoms with van der Waals surface area (Å²) < 4.78 is 66.3. The van der Waals surface area contributed by atoms with Gasteiger partial charge in [-0.1, -0.05) is 0 Å². The maximum absolute atomic E-state index is 11.7. The summed E-state index contributed by atoms with van der Waals surface area (Å²) in [4.78, 5) is 10.4. The first-order valence-corrected chi connectivity index (χ1v) is 5.97. The molecule has 18 heavy (non-hydrogen) atoms. The van der Waals surface area contributed by atoms with Gasteiger partial charge < -0.3 is 14.3 Å². The molecule has 0 aromatic carbocycles. The van der Waals surface area contributed by atoms with E-state index in [4.69, 9.17) is 5.11 Å². The van der Waals surface area contributed by atoms with Crippen LogP contribution in [0.3, 0.4) is 0 Å². The van der Waals surface area contributed by atoms with E-state index in [1.165, 1.54) is 0 Å². The molecule has 1 aromatic heterocycles. The first-order chi connectivity index (χ1) is 8.12. The highest BCUT2D eigenvalue weighted by atomic mass is 32.2. The molecule has 10 heteroatoms. The maximum Gasteiger partial charge on any atom is 0.411 e. The molecule has 0 saturated carbocycles. The summed E-state index contributed by atoms with van der Waals surface area (Å²) >= 11 is 0. The van der Waals surface area contributed by atoms with Crippen molar-refractivity contribution in [3.8, 4) is 0 Å². The number of alkyl halides is 3. The lowest BCUT2D eigenvalue weighted by molar-refractivity contribution is -0.169. The van der Waals surface area contributed by atoms with Crippen molar-refractivity contribution in [3.63, 3.8) is 0 Å². The first kappa shape index (κ1) is 14.5. The number of carboxylic acid groups (broad SMARTS) is 1. The number of furan rings is 1. The van der Waals surface area contributed by atoms with Crippen LogP contribution in [0.2, 0.25) is 0 Å². The van der Waals surface area contributed by atoms with Crippen LogP contribution in [0.1, 0.15) is 10.6 Å². The Morgan fingerprint density at radius 3 is 2.44 bits per heavy atom. The zero-order valence-electron chi connectivity index (χ0n) is 8.60. The van der Waals surface area contributed by atoms with Gasteiger partial charge in [0.2, 0.25) is 20.7 Å². The van der Waals surface area contributed by atoms with Gasteiger partial charge in [0.05, 0.1) is 0 Å². The number of ether oxygens (including phenoxy) is 1. The summed E-state index contributed by atoms with van der Waals surface area (Å²) in [5.41, 5.74) is 0.